The minimum atomic E-state index is -3.60. The summed E-state index contributed by atoms with van der Waals surface area (Å²) in [6.07, 6.45) is 3.72. The molecule has 3 aromatic rings. The normalized spacial score (nSPS) is 21.2. The molecule has 9 heteroatoms. The summed E-state index contributed by atoms with van der Waals surface area (Å²) >= 11 is 0. The van der Waals surface area contributed by atoms with Gasteiger partial charge in [-0.2, -0.15) is 5.10 Å². The predicted octanol–water partition coefficient (Wildman–Crippen LogP) is 3.30. The van der Waals surface area contributed by atoms with Gasteiger partial charge in [0, 0.05) is 38.2 Å². The van der Waals surface area contributed by atoms with E-state index in [4.69, 9.17) is 10.1 Å². The molecule has 1 amide bonds. The highest BCUT2D eigenvalue weighted by Crippen LogP contribution is 2.42. The molecule has 2 atom stereocenters. The lowest BCUT2D eigenvalue weighted by Gasteiger charge is -2.34. The molecule has 0 bridgehead atoms. The van der Waals surface area contributed by atoms with E-state index in [9.17, 15) is 13.6 Å². The maximum absolute atomic E-state index is 13.3. The average molecular weight is 468 g/mol. The lowest BCUT2D eigenvalue weighted by Crippen LogP contribution is -2.42. The number of carbonyl (C=O) groups is 1. The molecule has 174 valence electrons. The van der Waals surface area contributed by atoms with E-state index in [2.05, 4.69) is 5.32 Å². The molecule has 1 saturated carbocycles. The van der Waals surface area contributed by atoms with Crippen molar-refractivity contribution >= 4 is 27.3 Å². The number of nitrogens with zero attached hydrogens (tertiary/aromatic N) is 4. The highest BCUT2D eigenvalue weighted by atomic mass is 32.3. The van der Waals surface area contributed by atoms with Crippen molar-refractivity contribution in [2.75, 3.05) is 20.1 Å². The van der Waals surface area contributed by atoms with E-state index >= 15 is 0 Å². The minimum Gasteiger partial charge on any atom is -0.593 e. The standard InChI is InChI=1S/C24H29N5O3S/c1-15-6-10-18(11-7-15)33(31,32)29-12-4-5-17(14-29)22-21-19(24(30)25-2)13-20(16-8-9-16)26-23(21)28(3)27-22/h6-7,10-11,13,16-17H,4-5,8-9,12,14H2,1-3H3,(H-,25,30,31,32). The molecule has 1 aliphatic carbocycles. The third-order valence-electron chi connectivity index (χ3n) is 6.74. The second kappa shape index (κ2) is 8.30. The molecule has 1 aliphatic heterocycles. The Morgan fingerprint density at radius 2 is 1.91 bits per heavy atom. The van der Waals surface area contributed by atoms with Crippen molar-refractivity contribution in [3.8, 4) is 0 Å². The lowest BCUT2D eigenvalue weighted by molar-refractivity contribution is 0.0964. The topological polar surface area (TPSA) is 103 Å². The summed E-state index contributed by atoms with van der Waals surface area (Å²) in [5.41, 5.74) is 3.97. The van der Waals surface area contributed by atoms with Crippen molar-refractivity contribution in [2.24, 2.45) is 7.05 Å². The Kier molecular flexibility index (Phi) is 5.58. The number of pyridine rings is 1. The molecule has 8 nitrogen and oxygen atoms in total. The van der Waals surface area contributed by atoms with E-state index < -0.39 is 10.4 Å². The first-order valence-corrected chi connectivity index (χ1v) is 12.9. The van der Waals surface area contributed by atoms with Crippen molar-refractivity contribution in [1.29, 1.82) is 0 Å². The van der Waals surface area contributed by atoms with Crippen LogP contribution in [0.5, 0.6) is 0 Å². The van der Waals surface area contributed by atoms with E-state index in [1.807, 2.05) is 32.2 Å². The zero-order chi connectivity index (χ0) is 23.3. The summed E-state index contributed by atoms with van der Waals surface area (Å²) in [6, 6.07) is 8.86. The van der Waals surface area contributed by atoms with Gasteiger partial charge in [-0.1, -0.05) is 21.9 Å². The van der Waals surface area contributed by atoms with Gasteiger partial charge in [-0.15, -0.1) is 4.31 Å². The third-order valence-corrected chi connectivity index (χ3v) is 8.62. The highest BCUT2D eigenvalue weighted by Gasteiger charge is 2.38. The van der Waals surface area contributed by atoms with Crippen LogP contribution in [0, 0.1) is 6.92 Å². The molecule has 33 heavy (non-hydrogen) atoms. The summed E-state index contributed by atoms with van der Waals surface area (Å²) in [7, 11) is -0.140. The number of nitrogens with one attached hydrogen (secondary N) is 1. The molecule has 1 N–H and O–H groups in total. The lowest BCUT2D eigenvalue weighted by atomic mass is 9.92. The van der Waals surface area contributed by atoms with Gasteiger partial charge in [0.1, 0.15) is 0 Å². The number of carbonyl (C=O) groups excluding carboxylic acids is 1. The molecule has 1 aromatic carbocycles. The first-order valence-electron chi connectivity index (χ1n) is 11.5. The van der Waals surface area contributed by atoms with Crippen LogP contribution in [-0.2, 0) is 21.7 Å². The quantitative estimate of drug-likeness (QED) is 0.580. The molecule has 0 spiro atoms. The Bertz CT molecular complexity index is 1270. The van der Waals surface area contributed by atoms with Gasteiger partial charge < -0.3 is 9.87 Å². The van der Waals surface area contributed by atoms with Gasteiger partial charge in [0.15, 0.2) is 20.9 Å². The SMILES string of the molecule is CNC(=O)c1cc(C2CC2)nc2c1c(C1CCCN([S+](=O)([O-])c3ccc(C)cc3)C1)nn2C. The molecule has 2 fully saturated rings. The fourth-order valence-electron chi connectivity index (χ4n) is 4.73. The number of hydrogen-bond acceptors (Lipinski definition) is 5. The molecule has 5 rings (SSSR count). The number of sulfonamides is 1. The summed E-state index contributed by atoms with van der Waals surface area (Å²) in [5, 5.41) is 8.25. The molecule has 2 aliphatic rings. The number of fused-ring (bicyclic) bond motifs is 1. The van der Waals surface area contributed by atoms with Crippen LogP contribution in [0.3, 0.4) is 0 Å². The van der Waals surface area contributed by atoms with E-state index in [1.165, 1.54) is 0 Å². The van der Waals surface area contributed by atoms with Gasteiger partial charge in [0.2, 0.25) is 0 Å². The monoisotopic (exact) mass is 467 g/mol. The van der Waals surface area contributed by atoms with Crippen LogP contribution in [0.25, 0.3) is 11.0 Å². The second-order valence-corrected chi connectivity index (χ2v) is 11.1. The van der Waals surface area contributed by atoms with Crippen molar-refractivity contribution in [3.05, 3.63) is 52.8 Å². The molecule has 1 saturated heterocycles. The second-order valence-electron chi connectivity index (χ2n) is 9.17. The maximum Gasteiger partial charge on any atom is 0.251 e. The fourth-order valence-corrected chi connectivity index (χ4v) is 6.25. The van der Waals surface area contributed by atoms with E-state index in [1.54, 1.807) is 28.2 Å². The largest absolute Gasteiger partial charge is 0.593 e. The van der Waals surface area contributed by atoms with Crippen molar-refractivity contribution in [1.82, 2.24) is 24.4 Å². The van der Waals surface area contributed by atoms with Crippen LogP contribution >= 0.6 is 0 Å². The molecular formula is C24H29N5O3S. The Morgan fingerprint density at radius 1 is 1.18 bits per heavy atom. The predicted molar refractivity (Wildman–Crippen MR) is 126 cm³/mol. The zero-order valence-corrected chi connectivity index (χ0v) is 20.0. The van der Waals surface area contributed by atoms with Gasteiger partial charge in [-0.25, -0.2) is 4.98 Å². The number of piperidine rings is 1. The Balaban J connectivity index is 1.54. The van der Waals surface area contributed by atoms with Gasteiger partial charge in [-0.05, 0) is 50.8 Å². The number of rotatable bonds is 5. The molecule has 3 heterocycles. The van der Waals surface area contributed by atoms with Crippen molar-refractivity contribution in [3.63, 3.8) is 0 Å². The Morgan fingerprint density at radius 3 is 2.58 bits per heavy atom. The van der Waals surface area contributed by atoms with Gasteiger partial charge in [-0.3, -0.25) is 9.48 Å². The van der Waals surface area contributed by atoms with Crippen molar-refractivity contribution < 1.29 is 13.6 Å². The summed E-state index contributed by atoms with van der Waals surface area (Å²) < 4.78 is 29.9. The Labute approximate surface area is 194 Å². The molecular weight excluding hydrogens is 438 g/mol. The minimum absolute atomic E-state index is 0.111. The van der Waals surface area contributed by atoms with Gasteiger partial charge in [0.05, 0.1) is 23.2 Å². The number of benzene rings is 1. The number of aromatic nitrogens is 3. The van der Waals surface area contributed by atoms with Crippen LogP contribution < -0.4 is 5.32 Å². The van der Waals surface area contributed by atoms with Crippen LogP contribution in [0.4, 0.5) is 0 Å². The van der Waals surface area contributed by atoms with Crippen LogP contribution in [-0.4, -0.2) is 49.7 Å². The van der Waals surface area contributed by atoms with Crippen LogP contribution in [0.1, 0.15) is 64.8 Å². The molecule has 2 aromatic heterocycles. The molecule has 2 unspecified atom stereocenters. The van der Waals surface area contributed by atoms with Gasteiger partial charge in [0.25, 0.3) is 5.91 Å². The average Bonchev–Trinajstić information content (AvgIpc) is 3.62. The smallest absolute Gasteiger partial charge is 0.251 e. The summed E-state index contributed by atoms with van der Waals surface area (Å²) in [4.78, 5) is 18.0. The summed E-state index contributed by atoms with van der Waals surface area (Å²) in [5.74, 6) is 0.124. The van der Waals surface area contributed by atoms with E-state index in [0.717, 1.165) is 48.0 Å². The number of hydrogen-bond donors (Lipinski definition) is 1. The zero-order valence-electron chi connectivity index (χ0n) is 19.2. The van der Waals surface area contributed by atoms with Crippen molar-refractivity contribution in [2.45, 2.75) is 49.3 Å². The molecule has 0 radical (unpaired) electrons. The fraction of sp³-hybridized carbons (Fsp3) is 0.458. The van der Waals surface area contributed by atoms with E-state index in [-0.39, 0.29) is 11.8 Å². The van der Waals surface area contributed by atoms with E-state index in [0.29, 0.717) is 35.1 Å². The first-order chi connectivity index (χ1) is 15.8. The third kappa shape index (κ3) is 3.98. The highest BCUT2D eigenvalue weighted by molar-refractivity contribution is 7.95. The van der Waals surface area contributed by atoms with Crippen LogP contribution in [0.2, 0.25) is 0 Å². The van der Waals surface area contributed by atoms with Crippen LogP contribution in [0.15, 0.2) is 35.2 Å². The number of aryl methyl sites for hydroxylation is 2. The van der Waals surface area contributed by atoms with Gasteiger partial charge >= 0.3 is 0 Å². The maximum atomic E-state index is 13.3. The Hall–Kier alpha value is -2.62. The first kappa shape index (κ1) is 22.2. The summed E-state index contributed by atoms with van der Waals surface area (Å²) in [6.45, 7) is 2.75. The number of amides is 1.